The van der Waals surface area contributed by atoms with Gasteiger partial charge < -0.3 is 14.4 Å². The standard InChI is InChI=1S/C17H14N2O3/c20-17(21)14-3-1-13(2-4-14)11-22-16-7-5-15(6-8-16)19-10-9-18-12-19/h1-10,12H,11H2,(H,20,21). The van der Waals surface area contributed by atoms with Crippen molar-refractivity contribution in [2.45, 2.75) is 6.61 Å². The van der Waals surface area contributed by atoms with E-state index in [9.17, 15) is 4.79 Å². The number of rotatable bonds is 5. The van der Waals surface area contributed by atoms with Crippen LogP contribution >= 0.6 is 0 Å². The first-order valence-electron chi connectivity index (χ1n) is 6.76. The molecule has 22 heavy (non-hydrogen) atoms. The van der Waals surface area contributed by atoms with Crippen molar-refractivity contribution in [3.8, 4) is 11.4 Å². The second-order valence-corrected chi connectivity index (χ2v) is 4.75. The number of carboxylic acid groups (broad SMARTS) is 1. The second-order valence-electron chi connectivity index (χ2n) is 4.75. The van der Waals surface area contributed by atoms with Gasteiger partial charge in [0.1, 0.15) is 12.4 Å². The van der Waals surface area contributed by atoms with Crippen LogP contribution in [0.5, 0.6) is 5.75 Å². The average molecular weight is 294 g/mol. The SMILES string of the molecule is O=C(O)c1ccc(COc2ccc(-n3ccnc3)cc2)cc1. The number of carbonyl (C=O) groups is 1. The van der Waals surface area contributed by atoms with Crippen molar-refractivity contribution in [1.82, 2.24) is 9.55 Å². The highest BCUT2D eigenvalue weighted by atomic mass is 16.5. The summed E-state index contributed by atoms with van der Waals surface area (Å²) in [5.74, 6) is -0.172. The van der Waals surface area contributed by atoms with Gasteiger partial charge in [-0.3, -0.25) is 0 Å². The number of aromatic nitrogens is 2. The minimum absolute atomic E-state index is 0.272. The monoisotopic (exact) mass is 294 g/mol. The summed E-state index contributed by atoms with van der Waals surface area (Å²) in [6.45, 7) is 0.393. The summed E-state index contributed by atoms with van der Waals surface area (Å²) in [5, 5.41) is 8.85. The van der Waals surface area contributed by atoms with Crippen LogP contribution < -0.4 is 4.74 Å². The van der Waals surface area contributed by atoms with Crippen LogP contribution in [0.25, 0.3) is 5.69 Å². The maximum atomic E-state index is 10.8. The zero-order valence-electron chi connectivity index (χ0n) is 11.7. The van der Waals surface area contributed by atoms with Gasteiger partial charge in [0.15, 0.2) is 0 Å². The Morgan fingerprint density at radius 3 is 2.41 bits per heavy atom. The minimum atomic E-state index is -0.928. The maximum absolute atomic E-state index is 10.8. The maximum Gasteiger partial charge on any atom is 0.335 e. The van der Waals surface area contributed by atoms with Gasteiger partial charge in [0.25, 0.3) is 0 Å². The molecule has 0 saturated heterocycles. The minimum Gasteiger partial charge on any atom is -0.489 e. The van der Waals surface area contributed by atoms with Crippen LogP contribution in [-0.2, 0) is 6.61 Å². The Kier molecular flexibility index (Phi) is 3.87. The van der Waals surface area contributed by atoms with E-state index in [4.69, 9.17) is 9.84 Å². The van der Waals surface area contributed by atoms with Crippen molar-refractivity contribution in [3.05, 3.63) is 78.4 Å². The molecule has 0 radical (unpaired) electrons. The molecule has 0 fully saturated rings. The second kappa shape index (κ2) is 6.13. The van der Waals surface area contributed by atoms with Gasteiger partial charge in [0.05, 0.1) is 11.9 Å². The van der Waals surface area contributed by atoms with Crippen molar-refractivity contribution in [2.75, 3.05) is 0 Å². The Labute approximate surface area is 127 Å². The number of hydrogen-bond acceptors (Lipinski definition) is 3. The smallest absolute Gasteiger partial charge is 0.335 e. The molecule has 0 saturated carbocycles. The van der Waals surface area contributed by atoms with Crippen LogP contribution in [0.15, 0.2) is 67.3 Å². The van der Waals surface area contributed by atoms with E-state index in [1.807, 2.05) is 35.0 Å². The molecular weight excluding hydrogens is 280 g/mol. The van der Waals surface area contributed by atoms with Crippen molar-refractivity contribution in [2.24, 2.45) is 0 Å². The molecule has 0 unspecified atom stereocenters. The van der Waals surface area contributed by atoms with Crippen LogP contribution in [0.1, 0.15) is 15.9 Å². The lowest BCUT2D eigenvalue weighted by Gasteiger charge is -2.08. The summed E-state index contributed by atoms with van der Waals surface area (Å²) in [4.78, 5) is 14.8. The van der Waals surface area contributed by atoms with Gasteiger partial charge in [0, 0.05) is 18.1 Å². The lowest BCUT2D eigenvalue weighted by Crippen LogP contribution is -1.99. The van der Waals surface area contributed by atoms with Crippen LogP contribution in [0.4, 0.5) is 0 Å². The largest absolute Gasteiger partial charge is 0.489 e. The number of nitrogens with zero attached hydrogens (tertiary/aromatic N) is 2. The summed E-state index contributed by atoms with van der Waals surface area (Å²) in [7, 11) is 0. The normalized spacial score (nSPS) is 10.4. The van der Waals surface area contributed by atoms with E-state index < -0.39 is 5.97 Å². The van der Waals surface area contributed by atoms with Gasteiger partial charge in [-0.15, -0.1) is 0 Å². The van der Waals surface area contributed by atoms with E-state index in [2.05, 4.69) is 4.98 Å². The van der Waals surface area contributed by atoms with Gasteiger partial charge in [-0.2, -0.15) is 0 Å². The molecular formula is C17H14N2O3. The predicted octanol–water partition coefficient (Wildman–Crippen LogP) is 3.15. The first-order valence-corrected chi connectivity index (χ1v) is 6.76. The Hall–Kier alpha value is -3.08. The molecule has 3 aromatic rings. The molecule has 2 aromatic carbocycles. The third kappa shape index (κ3) is 3.15. The zero-order chi connectivity index (χ0) is 15.4. The summed E-state index contributed by atoms with van der Waals surface area (Å²) < 4.78 is 7.60. The fraction of sp³-hybridized carbons (Fsp3) is 0.0588. The molecule has 0 bridgehead atoms. The highest BCUT2D eigenvalue weighted by Crippen LogP contribution is 2.16. The Bertz CT molecular complexity index is 748. The highest BCUT2D eigenvalue weighted by Gasteiger charge is 2.02. The number of imidazole rings is 1. The Morgan fingerprint density at radius 2 is 1.82 bits per heavy atom. The van der Waals surface area contributed by atoms with Gasteiger partial charge >= 0.3 is 5.97 Å². The van der Waals surface area contributed by atoms with E-state index in [1.54, 1.807) is 36.8 Å². The number of hydrogen-bond donors (Lipinski definition) is 1. The fourth-order valence-corrected chi connectivity index (χ4v) is 2.04. The van der Waals surface area contributed by atoms with Gasteiger partial charge in [-0.25, -0.2) is 9.78 Å². The molecule has 3 rings (SSSR count). The van der Waals surface area contributed by atoms with Crippen LogP contribution in [0.3, 0.4) is 0 Å². The molecule has 0 aliphatic rings. The first kappa shape index (κ1) is 13.9. The summed E-state index contributed by atoms with van der Waals surface area (Å²) in [6.07, 6.45) is 5.34. The topological polar surface area (TPSA) is 64.3 Å². The molecule has 0 aliphatic heterocycles. The van der Waals surface area contributed by atoms with E-state index >= 15 is 0 Å². The molecule has 5 nitrogen and oxygen atoms in total. The van der Waals surface area contributed by atoms with Crippen molar-refractivity contribution in [3.63, 3.8) is 0 Å². The highest BCUT2D eigenvalue weighted by molar-refractivity contribution is 5.87. The predicted molar refractivity (Wildman–Crippen MR) is 81.3 cm³/mol. The van der Waals surface area contributed by atoms with E-state index in [1.165, 1.54) is 0 Å². The molecule has 1 aromatic heterocycles. The van der Waals surface area contributed by atoms with Gasteiger partial charge in [-0.1, -0.05) is 12.1 Å². The van der Waals surface area contributed by atoms with Crippen molar-refractivity contribution >= 4 is 5.97 Å². The summed E-state index contributed by atoms with van der Waals surface area (Å²) >= 11 is 0. The molecule has 0 spiro atoms. The van der Waals surface area contributed by atoms with E-state index in [0.29, 0.717) is 6.61 Å². The molecule has 1 heterocycles. The number of carboxylic acids is 1. The summed E-state index contributed by atoms with van der Waals surface area (Å²) in [5.41, 5.74) is 2.20. The lowest BCUT2D eigenvalue weighted by molar-refractivity contribution is 0.0697. The molecule has 0 aliphatic carbocycles. The first-order chi connectivity index (χ1) is 10.7. The molecule has 110 valence electrons. The molecule has 0 amide bonds. The Morgan fingerprint density at radius 1 is 1.09 bits per heavy atom. The van der Waals surface area contributed by atoms with Gasteiger partial charge in [0.2, 0.25) is 0 Å². The number of benzene rings is 2. The Balaban J connectivity index is 1.63. The number of aromatic carboxylic acids is 1. The van der Waals surface area contributed by atoms with E-state index in [-0.39, 0.29) is 5.56 Å². The van der Waals surface area contributed by atoms with Crippen LogP contribution in [0, 0.1) is 0 Å². The third-order valence-electron chi connectivity index (χ3n) is 3.25. The van der Waals surface area contributed by atoms with Crippen LogP contribution in [-0.4, -0.2) is 20.6 Å². The van der Waals surface area contributed by atoms with Crippen LogP contribution in [0.2, 0.25) is 0 Å². The average Bonchev–Trinajstić information content (AvgIpc) is 3.08. The summed E-state index contributed by atoms with van der Waals surface area (Å²) in [6, 6.07) is 14.3. The van der Waals surface area contributed by atoms with E-state index in [0.717, 1.165) is 17.0 Å². The number of ether oxygens (including phenoxy) is 1. The molecule has 5 heteroatoms. The van der Waals surface area contributed by atoms with Gasteiger partial charge in [-0.05, 0) is 42.0 Å². The molecule has 1 N–H and O–H groups in total. The zero-order valence-corrected chi connectivity index (χ0v) is 11.7. The van der Waals surface area contributed by atoms with Crippen molar-refractivity contribution < 1.29 is 14.6 Å². The fourth-order valence-electron chi connectivity index (χ4n) is 2.04. The molecule has 0 atom stereocenters. The lowest BCUT2D eigenvalue weighted by atomic mass is 10.1. The van der Waals surface area contributed by atoms with Crippen molar-refractivity contribution in [1.29, 1.82) is 0 Å². The quantitative estimate of drug-likeness (QED) is 0.785. The third-order valence-corrected chi connectivity index (χ3v) is 3.25.